The molecule has 0 saturated heterocycles. The number of halogens is 1. The van der Waals surface area contributed by atoms with Crippen molar-refractivity contribution in [2.24, 2.45) is 4.99 Å². The van der Waals surface area contributed by atoms with Crippen LogP contribution in [0.5, 0.6) is 0 Å². The van der Waals surface area contributed by atoms with Gasteiger partial charge in [0.15, 0.2) is 0 Å². The van der Waals surface area contributed by atoms with Crippen molar-refractivity contribution in [3.05, 3.63) is 69.1 Å². The van der Waals surface area contributed by atoms with Gasteiger partial charge >= 0.3 is 5.97 Å². The second-order valence-electron chi connectivity index (χ2n) is 6.55. The first-order valence-electron chi connectivity index (χ1n) is 8.68. The zero-order chi connectivity index (χ0) is 19.1. The van der Waals surface area contributed by atoms with Crippen molar-refractivity contribution >= 4 is 34.6 Å². The van der Waals surface area contributed by atoms with Crippen LogP contribution in [-0.4, -0.2) is 26.3 Å². The lowest BCUT2D eigenvalue weighted by atomic mass is 10.0. The summed E-state index contributed by atoms with van der Waals surface area (Å²) in [5.74, 6) is 0.0779. The molecule has 0 bridgehead atoms. The molecule has 27 heavy (non-hydrogen) atoms. The Morgan fingerprint density at radius 1 is 1.33 bits per heavy atom. The van der Waals surface area contributed by atoms with Crippen molar-refractivity contribution in [1.82, 2.24) is 9.55 Å². The Morgan fingerprint density at radius 3 is 2.85 bits per heavy atom. The van der Waals surface area contributed by atoms with Gasteiger partial charge in [0.05, 0.1) is 12.1 Å². The fourth-order valence-electron chi connectivity index (χ4n) is 3.32. The standard InChI is InChI=1S/C20H18ClN3O2S/c1-11-10-22-19-12(2)23-18(14-5-3-4-6-16(14)21)15-9-13(7-8-17(25)26)27-20(15)24(11)19/h3-6,9-10,12H,7-8H2,1-2H3,(H,25,26). The molecule has 0 saturated carbocycles. The lowest BCUT2D eigenvalue weighted by Gasteiger charge is -2.09. The minimum absolute atomic E-state index is 0.101. The molecule has 2 aromatic heterocycles. The Bertz CT molecular complexity index is 1070. The summed E-state index contributed by atoms with van der Waals surface area (Å²) in [5, 5.41) is 10.7. The van der Waals surface area contributed by atoms with E-state index in [4.69, 9.17) is 21.7 Å². The fraction of sp³-hybridized carbons (Fsp3) is 0.250. The second kappa shape index (κ2) is 6.94. The first-order valence-corrected chi connectivity index (χ1v) is 9.87. The van der Waals surface area contributed by atoms with Crippen LogP contribution in [0.2, 0.25) is 5.02 Å². The van der Waals surface area contributed by atoms with E-state index >= 15 is 0 Å². The Morgan fingerprint density at radius 2 is 2.11 bits per heavy atom. The summed E-state index contributed by atoms with van der Waals surface area (Å²) < 4.78 is 2.13. The van der Waals surface area contributed by atoms with Gasteiger partial charge in [0.1, 0.15) is 16.9 Å². The number of nitrogens with zero attached hydrogens (tertiary/aromatic N) is 3. The van der Waals surface area contributed by atoms with Crippen LogP contribution in [0, 0.1) is 6.92 Å². The van der Waals surface area contributed by atoms with Crippen molar-refractivity contribution in [2.45, 2.75) is 32.7 Å². The van der Waals surface area contributed by atoms with Crippen LogP contribution in [0.1, 0.15) is 46.9 Å². The summed E-state index contributed by atoms with van der Waals surface area (Å²) in [6, 6.07) is 9.59. The van der Waals surface area contributed by atoms with Gasteiger partial charge in [0.25, 0.3) is 0 Å². The van der Waals surface area contributed by atoms with Crippen molar-refractivity contribution in [3.8, 4) is 5.00 Å². The summed E-state index contributed by atoms with van der Waals surface area (Å²) in [6.07, 6.45) is 2.44. The monoisotopic (exact) mass is 399 g/mol. The third-order valence-electron chi connectivity index (χ3n) is 4.60. The number of hydrogen-bond donors (Lipinski definition) is 1. The molecule has 0 aliphatic carbocycles. The molecule has 1 aliphatic rings. The molecular formula is C20H18ClN3O2S. The summed E-state index contributed by atoms with van der Waals surface area (Å²) in [4.78, 5) is 21.5. The number of benzene rings is 1. The smallest absolute Gasteiger partial charge is 0.303 e. The van der Waals surface area contributed by atoms with Crippen molar-refractivity contribution in [1.29, 1.82) is 0 Å². The molecule has 0 fully saturated rings. The molecule has 138 valence electrons. The molecule has 1 aliphatic heterocycles. The van der Waals surface area contributed by atoms with Crippen LogP contribution >= 0.6 is 22.9 Å². The van der Waals surface area contributed by atoms with Crippen LogP contribution in [-0.2, 0) is 11.2 Å². The molecule has 3 heterocycles. The van der Waals surface area contributed by atoms with E-state index in [0.717, 1.165) is 38.2 Å². The fourth-order valence-corrected chi connectivity index (χ4v) is 4.77. The van der Waals surface area contributed by atoms with E-state index in [2.05, 4.69) is 9.55 Å². The normalized spacial score (nSPS) is 15.7. The number of aliphatic carboxylic acids is 1. The molecule has 0 spiro atoms. The molecule has 1 aromatic carbocycles. The summed E-state index contributed by atoms with van der Waals surface area (Å²) in [7, 11) is 0. The van der Waals surface area contributed by atoms with Crippen LogP contribution in [0.3, 0.4) is 0 Å². The number of imidazole rings is 1. The lowest BCUT2D eigenvalue weighted by Crippen LogP contribution is -2.05. The lowest BCUT2D eigenvalue weighted by molar-refractivity contribution is -0.136. The molecule has 1 unspecified atom stereocenters. The minimum Gasteiger partial charge on any atom is -0.481 e. The molecule has 4 rings (SSSR count). The molecule has 3 aromatic rings. The molecule has 0 amide bonds. The number of thiophene rings is 1. The maximum Gasteiger partial charge on any atom is 0.303 e. The van der Waals surface area contributed by atoms with E-state index in [1.54, 1.807) is 11.3 Å². The van der Waals surface area contributed by atoms with Gasteiger partial charge < -0.3 is 5.11 Å². The van der Waals surface area contributed by atoms with Gasteiger partial charge in [0, 0.05) is 32.9 Å². The predicted molar refractivity (Wildman–Crippen MR) is 108 cm³/mol. The SMILES string of the molecule is Cc1cnc2n1-c1sc(CCC(=O)O)cc1C(c1ccccc1Cl)=NC2C. The second-order valence-corrected chi connectivity index (χ2v) is 8.07. The predicted octanol–water partition coefficient (Wildman–Crippen LogP) is 4.82. The highest BCUT2D eigenvalue weighted by Crippen LogP contribution is 2.37. The Labute approximate surface area is 166 Å². The van der Waals surface area contributed by atoms with Crippen LogP contribution in [0.4, 0.5) is 0 Å². The number of carbonyl (C=O) groups is 1. The van der Waals surface area contributed by atoms with Gasteiger partial charge in [-0.1, -0.05) is 29.8 Å². The number of carboxylic acid groups (broad SMARTS) is 1. The minimum atomic E-state index is -0.799. The molecule has 1 N–H and O–H groups in total. The van der Waals surface area contributed by atoms with E-state index in [1.807, 2.05) is 50.4 Å². The number of carboxylic acids is 1. The number of rotatable bonds is 4. The average molecular weight is 400 g/mol. The van der Waals surface area contributed by atoms with Gasteiger partial charge in [-0.2, -0.15) is 0 Å². The quantitative estimate of drug-likeness (QED) is 0.683. The Hall–Kier alpha value is -2.44. The summed E-state index contributed by atoms with van der Waals surface area (Å²) in [5.41, 5.74) is 3.70. The van der Waals surface area contributed by atoms with Gasteiger partial charge in [0.2, 0.25) is 0 Å². The zero-order valence-electron chi connectivity index (χ0n) is 14.9. The molecular weight excluding hydrogens is 382 g/mol. The molecule has 0 radical (unpaired) electrons. The highest BCUT2D eigenvalue weighted by molar-refractivity contribution is 7.15. The van der Waals surface area contributed by atoms with Gasteiger partial charge in [-0.3, -0.25) is 14.4 Å². The van der Waals surface area contributed by atoms with E-state index in [1.165, 1.54) is 0 Å². The maximum atomic E-state index is 11.0. The van der Waals surface area contributed by atoms with Crippen LogP contribution in [0.15, 0.2) is 41.5 Å². The number of aryl methyl sites for hydroxylation is 2. The largest absolute Gasteiger partial charge is 0.481 e. The summed E-state index contributed by atoms with van der Waals surface area (Å²) in [6.45, 7) is 4.04. The Kier molecular flexibility index (Phi) is 4.61. The number of aliphatic imine (C=N–C) groups is 1. The first kappa shape index (κ1) is 17.9. The molecule has 7 heteroatoms. The van der Waals surface area contributed by atoms with Gasteiger partial charge in [-0.25, -0.2) is 4.98 Å². The Balaban J connectivity index is 1.93. The van der Waals surface area contributed by atoms with E-state index in [-0.39, 0.29) is 12.5 Å². The highest BCUT2D eigenvalue weighted by Gasteiger charge is 2.27. The van der Waals surface area contributed by atoms with Crippen LogP contribution < -0.4 is 0 Å². The van der Waals surface area contributed by atoms with Crippen molar-refractivity contribution < 1.29 is 9.90 Å². The van der Waals surface area contributed by atoms with E-state index in [0.29, 0.717) is 11.4 Å². The average Bonchev–Trinajstić information content (AvgIpc) is 3.19. The van der Waals surface area contributed by atoms with E-state index < -0.39 is 5.97 Å². The highest BCUT2D eigenvalue weighted by atomic mass is 35.5. The van der Waals surface area contributed by atoms with Crippen molar-refractivity contribution in [3.63, 3.8) is 0 Å². The third-order valence-corrected chi connectivity index (χ3v) is 6.11. The van der Waals surface area contributed by atoms with Gasteiger partial charge in [-0.05, 0) is 32.4 Å². The molecule has 5 nitrogen and oxygen atoms in total. The van der Waals surface area contributed by atoms with E-state index in [9.17, 15) is 4.79 Å². The number of fused-ring (bicyclic) bond motifs is 3. The number of hydrogen-bond acceptors (Lipinski definition) is 4. The third kappa shape index (κ3) is 3.19. The van der Waals surface area contributed by atoms with Gasteiger partial charge in [-0.15, -0.1) is 11.3 Å². The van der Waals surface area contributed by atoms with Crippen molar-refractivity contribution in [2.75, 3.05) is 0 Å². The summed E-state index contributed by atoms with van der Waals surface area (Å²) >= 11 is 8.07. The number of aromatic nitrogens is 2. The zero-order valence-corrected chi connectivity index (χ0v) is 16.5. The first-order chi connectivity index (χ1) is 13.0. The maximum absolute atomic E-state index is 11.0. The molecule has 1 atom stereocenters. The van der Waals surface area contributed by atoms with Crippen LogP contribution in [0.25, 0.3) is 5.00 Å². The topological polar surface area (TPSA) is 67.5 Å².